The third-order valence-corrected chi connectivity index (χ3v) is 5.70. The van der Waals surface area contributed by atoms with Crippen LogP contribution in [0, 0.1) is 0 Å². The van der Waals surface area contributed by atoms with Crippen LogP contribution in [0.4, 0.5) is 10.5 Å². The van der Waals surface area contributed by atoms with Gasteiger partial charge in [0.2, 0.25) is 5.91 Å². The summed E-state index contributed by atoms with van der Waals surface area (Å²) in [6.07, 6.45) is 1.89. The highest BCUT2D eigenvalue weighted by Gasteiger charge is 2.31. The number of likely N-dealkylation sites (tertiary alicyclic amines) is 1. The lowest BCUT2D eigenvalue weighted by Crippen LogP contribution is -2.47. The van der Waals surface area contributed by atoms with E-state index in [1.165, 1.54) is 5.56 Å². The van der Waals surface area contributed by atoms with Gasteiger partial charge in [-0.05, 0) is 30.5 Å². The number of carbonyl (C=O) groups is 2. The van der Waals surface area contributed by atoms with Crippen molar-refractivity contribution in [2.24, 2.45) is 0 Å². The average Bonchev–Trinajstić information content (AvgIpc) is 3.11. The van der Waals surface area contributed by atoms with Gasteiger partial charge in [-0.3, -0.25) is 14.6 Å². The predicted molar refractivity (Wildman–Crippen MR) is 114 cm³/mol. The number of para-hydroxylation sites is 1. The molecule has 6 heteroatoms. The van der Waals surface area contributed by atoms with Gasteiger partial charge in [0, 0.05) is 44.5 Å². The summed E-state index contributed by atoms with van der Waals surface area (Å²) in [5.74, 6) is -0.0604. The minimum atomic E-state index is -0.0935. The lowest BCUT2D eigenvalue weighted by molar-refractivity contribution is -0.122. The fraction of sp³-hybridized carbons (Fsp3) is 0.391. The smallest absolute Gasteiger partial charge is 0.325 e. The molecule has 3 amide bonds. The van der Waals surface area contributed by atoms with Crippen LogP contribution < -0.4 is 10.2 Å². The number of nitrogens with zero attached hydrogens (tertiary/aromatic N) is 3. The standard InChI is InChI=1S/C23H28N4O2/c28-22(18-26-15-16-27(23(26)29)21-9-5-2-6-10-21)24-20-11-13-25(14-12-20)17-19-7-3-1-4-8-19/h1-10,20H,11-18H2,(H,24,28). The van der Waals surface area contributed by atoms with Gasteiger partial charge in [0.05, 0.1) is 0 Å². The maximum atomic E-state index is 12.6. The molecule has 2 aliphatic rings. The van der Waals surface area contributed by atoms with Gasteiger partial charge in [0.15, 0.2) is 0 Å². The number of rotatable bonds is 6. The fourth-order valence-electron chi connectivity index (χ4n) is 4.10. The molecular weight excluding hydrogens is 364 g/mol. The Bertz CT molecular complexity index is 819. The molecule has 0 aromatic heterocycles. The maximum absolute atomic E-state index is 12.6. The molecule has 152 valence electrons. The summed E-state index contributed by atoms with van der Waals surface area (Å²) < 4.78 is 0. The van der Waals surface area contributed by atoms with Gasteiger partial charge in [0.25, 0.3) is 0 Å². The molecule has 2 heterocycles. The van der Waals surface area contributed by atoms with Gasteiger partial charge in [-0.1, -0.05) is 48.5 Å². The number of piperidine rings is 1. The Balaban J connectivity index is 1.21. The average molecular weight is 393 g/mol. The first-order valence-corrected chi connectivity index (χ1v) is 10.4. The Morgan fingerprint density at radius 1 is 0.897 bits per heavy atom. The van der Waals surface area contributed by atoms with E-state index in [4.69, 9.17) is 0 Å². The molecule has 1 N–H and O–H groups in total. The predicted octanol–water partition coefficient (Wildman–Crippen LogP) is 2.71. The van der Waals surface area contributed by atoms with Crippen LogP contribution >= 0.6 is 0 Å². The molecule has 2 fully saturated rings. The van der Waals surface area contributed by atoms with Crippen molar-refractivity contribution in [3.63, 3.8) is 0 Å². The summed E-state index contributed by atoms with van der Waals surface area (Å²) in [7, 11) is 0. The van der Waals surface area contributed by atoms with Crippen molar-refractivity contribution in [1.29, 1.82) is 0 Å². The first-order valence-electron chi connectivity index (χ1n) is 10.4. The third kappa shape index (κ3) is 4.95. The molecule has 2 saturated heterocycles. The number of hydrogen-bond donors (Lipinski definition) is 1. The fourth-order valence-corrected chi connectivity index (χ4v) is 4.10. The van der Waals surface area contributed by atoms with Crippen LogP contribution in [-0.4, -0.2) is 60.5 Å². The highest BCUT2D eigenvalue weighted by molar-refractivity contribution is 5.96. The van der Waals surface area contributed by atoms with Crippen LogP contribution in [0.5, 0.6) is 0 Å². The molecule has 0 spiro atoms. The molecule has 4 rings (SSSR count). The van der Waals surface area contributed by atoms with Crippen LogP contribution in [0.15, 0.2) is 60.7 Å². The highest BCUT2D eigenvalue weighted by atomic mass is 16.2. The van der Waals surface area contributed by atoms with Gasteiger partial charge in [-0.15, -0.1) is 0 Å². The zero-order chi connectivity index (χ0) is 20.1. The van der Waals surface area contributed by atoms with E-state index >= 15 is 0 Å². The second-order valence-electron chi connectivity index (χ2n) is 7.79. The zero-order valence-electron chi connectivity index (χ0n) is 16.7. The Morgan fingerprint density at radius 3 is 2.24 bits per heavy atom. The second kappa shape index (κ2) is 9.09. The summed E-state index contributed by atoms with van der Waals surface area (Å²) in [6.45, 7) is 4.24. The molecule has 0 unspecified atom stereocenters. The van der Waals surface area contributed by atoms with Crippen LogP contribution in [0.2, 0.25) is 0 Å². The van der Waals surface area contributed by atoms with Crippen molar-refractivity contribution in [3.8, 4) is 0 Å². The van der Waals surface area contributed by atoms with E-state index < -0.39 is 0 Å². The molecule has 0 bridgehead atoms. The molecule has 0 saturated carbocycles. The van der Waals surface area contributed by atoms with Crippen LogP contribution in [0.25, 0.3) is 0 Å². The summed E-state index contributed by atoms with van der Waals surface area (Å²) >= 11 is 0. The van der Waals surface area contributed by atoms with E-state index in [0.717, 1.165) is 38.2 Å². The van der Waals surface area contributed by atoms with Crippen LogP contribution in [0.3, 0.4) is 0 Å². The maximum Gasteiger partial charge on any atom is 0.325 e. The molecule has 6 nitrogen and oxygen atoms in total. The number of anilines is 1. The number of urea groups is 1. The minimum absolute atomic E-state index is 0.0604. The van der Waals surface area contributed by atoms with Gasteiger partial charge < -0.3 is 10.2 Å². The van der Waals surface area contributed by atoms with Gasteiger partial charge in [-0.25, -0.2) is 4.79 Å². The zero-order valence-corrected chi connectivity index (χ0v) is 16.7. The Morgan fingerprint density at radius 2 is 1.55 bits per heavy atom. The van der Waals surface area contributed by atoms with Crippen LogP contribution in [-0.2, 0) is 11.3 Å². The Labute approximate surface area is 172 Å². The molecule has 0 radical (unpaired) electrons. The number of nitrogens with one attached hydrogen (secondary N) is 1. The minimum Gasteiger partial charge on any atom is -0.352 e. The van der Waals surface area contributed by atoms with Gasteiger partial charge >= 0.3 is 6.03 Å². The Kier molecular flexibility index (Phi) is 6.10. The first kappa shape index (κ1) is 19.5. The number of hydrogen-bond acceptors (Lipinski definition) is 3. The first-order chi connectivity index (χ1) is 14.2. The van der Waals surface area contributed by atoms with Crippen molar-refractivity contribution < 1.29 is 9.59 Å². The normalized spacial score (nSPS) is 18.3. The lowest BCUT2D eigenvalue weighted by atomic mass is 10.0. The summed E-state index contributed by atoms with van der Waals surface area (Å²) in [5.41, 5.74) is 2.21. The molecular formula is C23H28N4O2. The molecule has 2 aromatic carbocycles. The van der Waals surface area contributed by atoms with E-state index in [1.54, 1.807) is 9.80 Å². The van der Waals surface area contributed by atoms with Crippen molar-refractivity contribution in [2.75, 3.05) is 37.6 Å². The molecule has 2 aromatic rings. The third-order valence-electron chi connectivity index (χ3n) is 5.70. The molecule has 2 aliphatic heterocycles. The summed E-state index contributed by atoms with van der Waals surface area (Å²) in [6, 6.07) is 20.2. The largest absolute Gasteiger partial charge is 0.352 e. The van der Waals surface area contributed by atoms with E-state index in [0.29, 0.717) is 13.1 Å². The SMILES string of the molecule is O=C(CN1CCN(c2ccccc2)C1=O)NC1CCN(Cc2ccccc2)CC1. The van der Waals surface area contributed by atoms with Gasteiger partial charge in [0.1, 0.15) is 6.54 Å². The monoisotopic (exact) mass is 392 g/mol. The second-order valence-corrected chi connectivity index (χ2v) is 7.79. The van der Waals surface area contributed by atoms with Gasteiger partial charge in [-0.2, -0.15) is 0 Å². The van der Waals surface area contributed by atoms with E-state index in [1.807, 2.05) is 36.4 Å². The summed E-state index contributed by atoms with van der Waals surface area (Å²) in [4.78, 5) is 30.9. The number of carbonyl (C=O) groups excluding carboxylic acids is 2. The number of benzene rings is 2. The van der Waals surface area contributed by atoms with Crippen LogP contribution in [0.1, 0.15) is 18.4 Å². The van der Waals surface area contributed by atoms with Crippen molar-refractivity contribution >= 4 is 17.6 Å². The molecule has 29 heavy (non-hydrogen) atoms. The lowest BCUT2D eigenvalue weighted by Gasteiger charge is -2.32. The Hall–Kier alpha value is -2.86. The topological polar surface area (TPSA) is 55.9 Å². The van der Waals surface area contributed by atoms with Crippen molar-refractivity contribution in [1.82, 2.24) is 15.1 Å². The summed E-state index contributed by atoms with van der Waals surface area (Å²) in [5, 5.41) is 3.13. The van der Waals surface area contributed by atoms with Crippen molar-refractivity contribution in [3.05, 3.63) is 66.2 Å². The van der Waals surface area contributed by atoms with E-state index in [9.17, 15) is 9.59 Å². The van der Waals surface area contributed by atoms with E-state index in [-0.39, 0.29) is 24.5 Å². The van der Waals surface area contributed by atoms with Crippen molar-refractivity contribution in [2.45, 2.75) is 25.4 Å². The van der Waals surface area contributed by atoms with E-state index in [2.05, 4.69) is 34.5 Å². The quantitative estimate of drug-likeness (QED) is 0.822. The highest BCUT2D eigenvalue weighted by Crippen LogP contribution is 2.19. The molecule has 0 atom stereocenters. The number of amides is 3. The molecule has 0 aliphatic carbocycles.